The molecule has 0 bridgehead atoms. The lowest BCUT2D eigenvalue weighted by Crippen LogP contribution is -2.51. The number of hydrogen-bond donors (Lipinski definition) is 1. The van der Waals surface area contributed by atoms with Gasteiger partial charge in [-0.2, -0.15) is 5.26 Å². The first-order chi connectivity index (χ1) is 20.1. The van der Waals surface area contributed by atoms with Crippen LogP contribution < -0.4 is 5.32 Å². The van der Waals surface area contributed by atoms with Gasteiger partial charge in [0.1, 0.15) is 17.4 Å². The summed E-state index contributed by atoms with van der Waals surface area (Å²) in [5.41, 5.74) is 0.361. The van der Waals surface area contributed by atoms with Crippen molar-refractivity contribution in [1.29, 1.82) is 5.26 Å². The first-order valence-corrected chi connectivity index (χ1v) is 15.5. The lowest BCUT2D eigenvalue weighted by molar-refractivity contribution is -0.140. The number of pyridine rings is 2. The molecule has 3 heterocycles. The van der Waals surface area contributed by atoms with Crippen LogP contribution in [0.25, 0.3) is 11.1 Å². The molecule has 2 aromatic heterocycles. The molecule has 1 aliphatic heterocycles. The van der Waals surface area contributed by atoms with Crippen molar-refractivity contribution in [3.8, 4) is 17.2 Å². The van der Waals surface area contributed by atoms with E-state index in [1.54, 1.807) is 18.3 Å². The number of carbonyl (C=O) groups is 2. The Kier molecular flexibility index (Phi) is 7.32. The summed E-state index contributed by atoms with van der Waals surface area (Å²) in [4.78, 5) is 37.7. The second kappa shape index (κ2) is 10.7. The summed E-state index contributed by atoms with van der Waals surface area (Å²) < 4.78 is 28.8. The zero-order chi connectivity index (χ0) is 29.8. The molecule has 0 radical (unpaired) electrons. The number of amides is 2. The molecule has 2 amide bonds. The van der Waals surface area contributed by atoms with Gasteiger partial charge in [-0.25, -0.2) is 4.39 Å². The van der Waals surface area contributed by atoms with Gasteiger partial charge < -0.3 is 10.2 Å². The van der Waals surface area contributed by atoms with Crippen molar-refractivity contribution in [1.82, 2.24) is 20.2 Å². The highest BCUT2D eigenvalue weighted by atomic mass is 35.5. The van der Waals surface area contributed by atoms with E-state index < -0.39 is 50.7 Å². The van der Waals surface area contributed by atoms with Crippen LogP contribution in [0.15, 0.2) is 53.7 Å². The normalized spacial score (nSPS) is 22.2. The fourth-order valence-corrected chi connectivity index (χ4v) is 7.67. The van der Waals surface area contributed by atoms with Gasteiger partial charge in [0, 0.05) is 30.2 Å². The average Bonchev–Trinajstić information content (AvgIpc) is 3.89. The van der Waals surface area contributed by atoms with E-state index in [9.17, 15) is 23.5 Å². The largest absolute Gasteiger partial charge is 0.336 e. The monoisotopic (exact) mass is 625 g/mol. The average molecular weight is 627 g/mol. The van der Waals surface area contributed by atoms with E-state index in [0.717, 1.165) is 22.9 Å². The Balaban J connectivity index is 1.29. The molecule has 1 aromatic carbocycles. The van der Waals surface area contributed by atoms with Crippen molar-refractivity contribution in [3.05, 3.63) is 76.0 Å². The molecular formula is C30H26Cl2FN5O3S. The minimum absolute atomic E-state index is 0.000162. The SMILES string of the molecule is Cc1ncccc1-c1ccc(S(=O)C2C[C@@H](C(=O)NC3(C#N)CC3)N(C(=O)C3(c4ncc(Cl)cc4F)CC3)C2)c(Cl)c1. The van der Waals surface area contributed by atoms with Gasteiger partial charge in [0.25, 0.3) is 0 Å². The Hall–Kier alpha value is -3.39. The molecule has 1 saturated heterocycles. The molecule has 2 aliphatic carbocycles. The lowest BCUT2D eigenvalue weighted by atomic mass is 9.98. The smallest absolute Gasteiger partial charge is 0.244 e. The number of benzene rings is 1. The third-order valence-corrected chi connectivity index (χ3v) is 10.7. The summed E-state index contributed by atoms with van der Waals surface area (Å²) in [5, 5.41) is 12.1. The molecule has 0 spiro atoms. The molecule has 12 heteroatoms. The van der Waals surface area contributed by atoms with Crippen LogP contribution in [0.3, 0.4) is 0 Å². The molecule has 6 rings (SSSR count). The zero-order valence-corrected chi connectivity index (χ0v) is 24.9. The second-order valence-electron chi connectivity index (χ2n) is 11.2. The van der Waals surface area contributed by atoms with Crippen LogP contribution >= 0.6 is 23.2 Å². The van der Waals surface area contributed by atoms with E-state index in [2.05, 4.69) is 21.4 Å². The lowest BCUT2D eigenvalue weighted by Gasteiger charge is -2.28. The van der Waals surface area contributed by atoms with E-state index >= 15 is 0 Å². The number of rotatable bonds is 7. The van der Waals surface area contributed by atoms with Crippen molar-refractivity contribution < 1.29 is 18.2 Å². The molecule has 3 atom stereocenters. The molecule has 3 fully saturated rings. The summed E-state index contributed by atoms with van der Waals surface area (Å²) in [7, 11) is -1.68. The summed E-state index contributed by atoms with van der Waals surface area (Å²) in [5.74, 6) is -1.63. The number of halogens is 3. The Bertz CT molecular complexity index is 1690. The third-order valence-electron chi connectivity index (χ3n) is 8.34. The van der Waals surface area contributed by atoms with Crippen LogP contribution in [0.4, 0.5) is 4.39 Å². The number of nitrogens with one attached hydrogen (secondary N) is 1. The summed E-state index contributed by atoms with van der Waals surface area (Å²) in [6.45, 7) is 1.89. The van der Waals surface area contributed by atoms with Crippen LogP contribution in [-0.4, -0.2) is 54.3 Å². The number of hydrogen-bond acceptors (Lipinski definition) is 6. The summed E-state index contributed by atoms with van der Waals surface area (Å²) >= 11 is 12.5. The Morgan fingerprint density at radius 1 is 1.17 bits per heavy atom. The fourth-order valence-electron chi connectivity index (χ4n) is 5.65. The van der Waals surface area contributed by atoms with E-state index in [1.807, 2.05) is 25.1 Å². The van der Waals surface area contributed by atoms with Gasteiger partial charge >= 0.3 is 0 Å². The van der Waals surface area contributed by atoms with Gasteiger partial charge in [-0.05, 0) is 68.9 Å². The fraction of sp³-hybridized carbons (Fsp3) is 0.367. The van der Waals surface area contributed by atoms with Gasteiger partial charge in [0.15, 0.2) is 0 Å². The van der Waals surface area contributed by atoms with Crippen molar-refractivity contribution in [2.75, 3.05) is 6.54 Å². The summed E-state index contributed by atoms with van der Waals surface area (Å²) in [6, 6.07) is 11.3. The van der Waals surface area contributed by atoms with Crippen molar-refractivity contribution in [2.24, 2.45) is 0 Å². The molecule has 2 unspecified atom stereocenters. The Morgan fingerprint density at radius 3 is 2.55 bits per heavy atom. The van der Waals surface area contributed by atoms with Crippen molar-refractivity contribution >= 4 is 45.8 Å². The first-order valence-electron chi connectivity index (χ1n) is 13.6. The maximum atomic E-state index is 14.9. The highest BCUT2D eigenvalue weighted by Crippen LogP contribution is 2.51. The Labute approximate surface area is 254 Å². The van der Waals surface area contributed by atoms with Crippen LogP contribution in [0.1, 0.15) is 43.5 Å². The Morgan fingerprint density at radius 2 is 1.93 bits per heavy atom. The van der Waals surface area contributed by atoms with Gasteiger partial charge in [0.2, 0.25) is 11.8 Å². The van der Waals surface area contributed by atoms with Crippen molar-refractivity contribution in [2.45, 2.75) is 66.2 Å². The number of aromatic nitrogens is 2. The van der Waals surface area contributed by atoms with Crippen LogP contribution in [0, 0.1) is 24.1 Å². The molecule has 3 aliphatic rings. The topological polar surface area (TPSA) is 116 Å². The molecule has 216 valence electrons. The van der Waals surface area contributed by atoms with E-state index in [0.29, 0.717) is 35.6 Å². The van der Waals surface area contributed by atoms with E-state index in [1.165, 1.54) is 11.1 Å². The standard InChI is InChI=1S/C30H26Cl2FN5O3S/c1-17-21(3-2-10-35-17)18-4-5-25(22(32)11-18)42(41)20-13-24(27(39)37-29(16-34)6-7-29)38(15-20)28(40)30(8-9-30)26-23(33)12-19(31)14-36-26/h2-5,10-12,14,20,24H,6-9,13,15H2,1H3,(H,37,39)/t20?,24-,42?/m0/s1. The van der Waals surface area contributed by atoms with Crippen LogP contribution in [-0.2, 0) is 25.8 Å². The van der Waals surface area contributed by atoms with Crippen LogP contribution in [0.5, 0.6) is 0 Å². The van der Waals surface area contributed by atoms with Crippen LogP contribution in [0.2, 0.25) is 10.0 Å². The van der Waals surface area contributed by atoms with Gasteiger partial charge in [-0.1, -0.05) is 35.3 Å². The number of carbonyl (C=O) groups excluding carboxylic acids is 2. The van der Waals surface area contributed by atoms with Gasteiger partial charge in [-0.15, -0.1) is 0 Å². The molecule has 1 N–H and O–H groups in total. The van der Waals surface area contributed by atoms with Gasteiger partial charge in [0.05, 0.1) is 48.2 Å². The summed E-state index contributed by atoms with van der Waals surface area (Å²) in [6.07, 6.45) is 4.85. The number of nitrogens with zero attached hydrogens (tertiary/aromatic N) is 4. The third kappa shape index (κ3) is 5.08. The highest BCUT2D eigenvalue weighted by Gasteiger charge is 2.59. The molecule has 8 nitrogen and oxygen atoms in total. The quantitative estimate of drug-likeness (QED) is 0.400. The number of nitriles is 1. The maximum absolute atomic E-state index is 14.9. The minimum Gasteiger partial charge on any atom is -0.336 e. The molecule has 42 heavy (non-hydrogen) atoms. The second-order valence-corrected chi connectivity index (χ2v) is 13.7. The van der Waals surface area contributed by atoms with Gasteiger partial charge in [-0.3, -0.25) is 23.8 Å². The zero-order valence-electron chi connectivity index (χ0n) is 22.6. The van der Waals surface area contributed by atoms with E-state index in [-0.39, 0.29) is 23.7 Å². The predicted octanol–water partition coefficient (Wildman–Crippen LogP) is 4.88. The maximum Gasteiger partial charge on any atom is 0.244 e. The predicted molar refractivity (Wildman–Crippen MR) is 156 cm³/mol. The highest BCUT2D eigenvalue weighted by molar-refractivity contribution is 7.85. The van der Waals surface area contributed by atoms with Crippen molar-refractivity contribution in [3.63, 3.8) is 0 Å². The molecule has 3 aromatic rings. The van der Waals surface area contributed by atoms with E-state index in [4.69, 9.17) is 23.2 Å². The minimum atomic E-state index is -1.68. The number of aryl methyl sites for hydroxylation is 1. The molecule has 2 saturated carbocycles. The number of likely N-dealkylation sites (tertiary alicyclic amines) is 1. The first kappa shape index (κ1) is 28.7. The molecular weight excluding hydrogens is 600 g/mol.